The third kappa shape index (κ3) is 4.53. The summed E-state index contributed by atoms with van der Waals surface area (Å²) >= 11 is 0. The monoisotopic (exact) mass is 397 g/mol. The lowest BCUT2D eigenvalue weighted by molar-refractivity contribution is 0.0918. The molecule has 156 valence electrons. The van der Waals surface area contributed by atoms with E-state index in [4.69, 9.17) is 4.74 Å². The first-order chi connectivity index (χ1) is 13.9. The maximum absolute atomic E-state index is 12.9. The first-order valence-corrected chi connectivity index (χ1v) is 10.3. The largest absolute Gasteiger partial charge is 0.496 e. The minimum Gasteiger partial charge on any atom is -0.496 e. The van der Waals surface area contributed by atoms with Crippen LogP contribution < -0.4 is 10.1 Å². The van der Waals surface area contributed by atoms with Gasteiger partial charge in [-0.3, -0.25) is 14.5 Å². The number of nitrogens with zero attached hydrogens (tertiary/aromatic N) is 1. The van der Waals surface area contributed by atoms with Crippen LogP contribution in [0.25, 0.3) is 0 Å². The molecular formula is C23H31N3O3. The highest BCUT2D eigenvalue weighted by Gasteiger charge is 2.26. The first kappa shape index (κ1) is 21.1. The highest BCUT2D eigenvalue weighted by atomic mass is 16.5. The molecule has 0 bridgehead atoms. The fraction of sp³-hybridized carbons (Fsp3) is 0.478. The molecule has 29 heavy (non-hydrogen) atoms. The van der Waals surface area contributed by atoms with E-state index in [-0.39, 0.29) is 17.7 Å². The van der Waals surface area contributed by atoms with Crippen molar-refractivity contribution in [3.63, 3.8) is 0 Å². The third-order valence-electron chi connectivity index (χ3n) is 5.80. The Morgan fingerprint density at radius 1 is 1.17 bits per heavy atom. The van der Waals surface area contributed by atoms with E-state index < -0.39 is 0 Å². The van der Waals surface area contributed by atoms with Crippen LogP contribution in [0.2, 0.25) is 0 Å². The molecular weight excluding hydrogens is 366 g/mol. The van der Waals surface area contributed by atoms with Crippen molar-refractivity contribution in [1.29, 1.82) is 0 Å². The molecule has 6 heteroatoms. The highest BCUT2D eigenvalue weighted by molar-refractivity contribution is 6.02. The maximum atomic E-state index is 12.9. The molecule has 2 aromatic rings. The topological polar surface area (TPSA) is 74.4 Å². The molecule has 1 saturated heterocycles. The van der Waals surface area contributed by atoms with Gasteiger partial charge in [-0.25, -0.2) is 0 Å². The summed E-state index contributed by atoms with van der Waals surface area (Å²) in [5.74, 6) is 0.619. The first-order valence-electron chi connectivity index (χ1n) is 10.3. The van der Waals surface area contributed by atoms with Gasteiger partial charge in [-0.05, 0) is 58.3 Å². The van der Waals surface area contributed by atoms with Crippen LogP contribution in [0.5, 0.6) is 5.75 Å². The van der Waals surface area contributed by atoms with Crippen LogP contribution in [0, 0.1) is 13.8 Å². The Labute approximate surface area is 172 Å². The number of H-pyrrole nitrogens is 1. The van der Waals surface area contributed by atoms with Crippen LogP contribution in [0.1, 0.15) is 69.9 Å². The molecule has 2 N–H and O–H groups in total. The molecule has 6 nitrogen and oxygen atoms in total. The number of nitrogens with one attached hydrogen (secondary N) is 2. The molecule has 1 aromatic carbocycles. The molecule has 2 heterocycles. The molecule has 1 aliphatic rings. The number of aromatic amines is 1. The van der Waals surface area contributed by atoms with Gasteiger partial charge in [-0.1, -0.05) is 24.6 Å². The fourth-order valence-corrected chi connectivity index (χ4v) is 4.39. The van der Waals surface area contributed by atoms with E-state index in [9.17, 15) is 9.59 Å². The molecule has 1 aromatic heterocycles. The summed E-state index contributed by atoms with van der Waals surface area (Å²) in [6.07, 6.45) is 3.57. The second kappa shape index (κ2) is 9.27. The number of rotatable bonds is 7. The van der Waals surface area contributed by atoms with Gasteiger partial charge < -0.3 is 15.0 Å². The summed E-state index contributed by atoms with van der Waals surface area (Å²) in [6, 6.07) is 8.05. The summed E-state index contributed by atoms with van der Waals surface area (Å²) in [7, 11) is 1.68. The van der Waals surface area contributed by atoms with Crippen molar-refractivity contribution in [1.82, 2.24) is 15.2 Å². The van der Waals surface area contributed by atoms with Crippen molar-refractivity contribution >= 4 is 11.7 Å². The van der Waals surface area contributed by atoms with Crippen molar-refractivity contribution in [2.24, 2.45) is 0 Å². The number of likely N-dealkylation sites (tertiary alicyclic amines) is 1. The average Bonchev–Trinajstić information content (AvgIpc) is 3.03. The van der Waals surface area contributed by atoms with E-state index in [1.54, 1.807) is 7.11 Å². The van der Waals surface area contributed by atoms with Gasteiger partial charge in [0.15, 0.2) is 5.78 Å². The number of hydrogen-bond acceptors (Lipinski definition) is 4. The van der Waals surface area contributed by atoms with Gasteiger partial charge in [0.25, 0.3) is 5.91 Å². The van der Waals surface area contributed by atoms with Gasteiger partial charge in [0.2, 0.25) is 0 Å². The summed E-state index contributed by atoms with van der Waals surface area (Å²) in [4.78, 5) is 30.3. The Balaban J connectivity index is 1.82. The Bertz CT molecular complexity index is 881. The van der Waals surface area contributed by atoms with Crippen molar-refractivity contribution in [3.05, 3.63) is 52.3 Å². The molecule has 1 fully saturated rings. The number of aromatic nitrogens is 1. The molecule has 1 unspecified atom stereocenters. The number of hydrogen-bond donors (Lipinski definition) is 2. The number of aryl methyl sites for hydroxylation is 1. The molecule has 0 saturated carbocycles. The second-order valence-electron chi connectivity index (χ2n) is 7.75. The number of carbonyl (C=O) groups excluding carboxylic acids is 2. The molecule has 1 atom stereocenters. The molecule has 1 aliphatic heterocycles. The number of para-hydroxylation sites is 1. The lowest BCUT2D eigenvalue weighted by Crippen LogP contribution is -2.41. The molecule has 0 aliphatic carbocycles. The predicted molar refractivity (Wildman–Crippen MR) is 114 cm³/mol. The average molecular weight is 398 g/mol. The van der Waals surface area contributed by atoms with E-state index in [1.807, 2.05) is 32.0 Å². The molecule has 0 spiro atoms. The number of amides is 1. The minimum absolute atomic E-state index is 0.0319. The number of methoxy groups -OCH3 is 1. The zero-order valence-electron chi connectivity index (χ0n) is 17.8. The Morgan fingerprint density at radius 2 is 1.86 bits per heavy atom. The van der Waals surface area contributed by atoms with E-state index >= 15 is 0 Å². The standard InChI is InChI=1S/C23H31N3O3/c1-15-21(17(3)27)16(2)25-22(15)23(28)24-14-19(26-12-8-5-9-13-26)18-10-6-7-11-20(18)29-4/h6-7,10-11,19,25H,5,8-9,12-14H2,1-4H3,(H,24,28). The quantitative estimate of drug-likeness (QED) is 0.697. The number of benzene rings is 1. The van der Waals surface area contributed by atoms with E-state index in [0.29, 0.717) is 23.4 Å². The van der Waals surface area contributed by atoms with E-state index in [1.165, 1.54) is 13.3 Å². The van der Waals surface area contributed by atoms with Gasteiger partial charge in [0.1, 0.15) is 11.4 Å². The van der Waals surface area contributed by atoms with Crippen LogP contribution in [0.4, 0.5) is 0 Å². The number of ether oxygens (including phenoxy) is 1. The molecule has 3 rings (SSSR count). The maximum Gasteiger partial charge on any atom is 0.268 e. The lowest BCUT2D eigenvalue weighted by atomic mass is 10.0. The minimum atomic E-state index is -0.185. The van der Waals surface area contributed by atoms with Crippen molar-refractivity contribution in [3.8, 4) is 5.75 Å². The van der Waals surface area contributed by atoms with Crippen molar-refractivity contribution in [2.75, 3.05) is 26.7 Å². The number of carbonyl (C=O) groups is 2. The van der Waals surface area contributed by atoms with Crippen LogP contribution in [-0.4, -0.2) is 48.3 Å². The fourth-order valence-electron chi connectivity index (χ4n) is 4.39. The summed E-state index contributed by atoms with van der Waals surface area (Å²) in [5, 5.41) is 3.09. The van der Waals surface area contributed by atoms with Crippen molar-refractivity contribution in [2.45, 2.75) is 46.1 Å². The SMILES string of the molecule is COc1ccccc1C(CNC(=O)c1[nH]c(C)c(C(C)=O)c1C)N1CCCCC1. The van der Waals surface area contributed by atoms with Gasteiger partial charge >= 0.3 is 0 Å². The van der Waals surface area contributed by atoms with E-state index in [0.717, 1.165) is 42.9 Å². The third-order valence-corrected chi connectivity index (χ3v) is 5.80. The smallest absolute Gasteiger partial charge is 0.268 e. The summed E-state index contributed by atoms with van der Waals surface area (Å²) in [6.45, 7) is 7.66. The highest BCUT2D eigenvalue weighted by Crippen LogP contribution is 2.31. The zero-order valence-corrected chi connectivity index (χ0v) is 17.8. The van der Waals surface area contributed by atoms with Crippen molar-refractivity contribution < 1.29 is 14.3 Å². The van der Waals surface area contributed by atoms with Crippen LogP contribution in [0.3, 0.4) is 0 Å². The van der Waals surface area contributed by atoms with Gasteiger partial charge in [0, 0.05) is 23.4 Å². The van der Waals surface area contributed by atoms with Gasteiger partial charge in [0.05, 0.1) is 13.2 Å². The predicted octanol–water partition coefficient (Wildman–Crippen LogP) is 3.80. The Hall–Kier alpha value is -2.60. The van der Waals surface area contributed by atoms with Gasteiger partial charge in [-0.15, -0.1) is 0 Å². The van der Waals surface area contributed by atoms with E-state index in [2.05, 4.69) is 21.3 Å². The normalized spacial score (nSPS) is 15.7. The number of Topliss-reactive ketones (excluding diaryl/α,β-unsaturated/α-hetero) is 1. The zero-order chi connectivity index (χ0) is 21.0. The number of ketones is 1. The Kier molecular flexibility index (Phi) is 6.75. The van der Waals surface area contributed by atoms with Gasteiger partial charge in [-0.2, -0.15) is 0 Å². The van der Waals surface area contributed by atoms with Crippen LogP contribution in [-0.2, 0) is 0 Å². The summed E-state index contributed by atoms with van der Waals surface area (Å²) < 4.78 is 5.59. The van der Waals surface area contributed by atoms with Crippen LogP contribution in [0.15, 0.2) is 24.3 Å². The summed E-state index contributed by atoms with van der Waals surface area (Å²) in [5.41, 5.74) is 3.59. The van der Waals surface area contributed by atoms with Crippen LogP contribution >= 0.6 is 0 Å². The molecule has 1 amide bonds. The Morgan fingerprint density at radius 3 is 2.48 bits per heavy atom. The second-order valence-corrected chi connectivity index (χ2v) is 7.75. The molecule has 0 radical (unpaired) electrons. The number of piperidine rings is 1. The lowest BCUT2D eigenvalue weighted by Gasteiger charge is -2.35.